The van der Waals surface area contributed by atoms with Crippen molar-refractivity contribution in [1.29, 1.82) is 0 Å². The Kier molecular flexibility index (Phi) is 5.95. The van der Waals surface area contributed by atoms with Gasteiger partial charge in [0.05, 0.1) is 0 Å². The van der Waals surface area contributed by atoms with Crippen molar-refractivity contribution in [2.75, 3.05) is 6.54 Å². The Morgan fingerprint density at radius 1 is 0.897 bits per heavy atom. The lowest BCUT2D eigenvalue weighted by atomic mass is 10.2. The van der Waals surface area contributed by atoms with E-state index in [-0.39, 0.29) is 16.8 Å². The van der Waals surface area contributed by atoms with Gasteiger partial charge in [0.15, 0.2) is 0 Å². The van der Waals surface area contributed by atoms with Gasteiger partial charge in [-0.2, -0.15) is 0 Å². The normalized spacial score (nSPS) is 18.0. The third kappa shape index (κ3) is 4.13. The van der Waals surface area contributed by atoms with Gasteiger partial charge >= 0.3 is 6.09 Å². The van der Waals surface area contributed by atoms with Crippen LogP contribution in [0.25, 0.3) is 0 Å². The van der Waals surface area contributed by atoms with Gasteiger partial charge in [0, 0.05) is 12.2 Å². The number of carbonyl (C=O) groups excluding carboxylic acids is 1. The van der Waals surface area contributed by atoms with Crippen LogP contribution in [0.1, 0.15) is 54.4 Å². The maximum absolute atomic E-state index is 13.2. The minimum Gasteiger partial charge on any atom is -0.444 e. The number of hydrogen-bond donors (Lipinski definition) is 0. The zero-order valence-corrected chi connectivity index (χ0v) is 19.7. The maximum atomic E-state index is 13.2. The van der Waals surface area contributed by atoms with Crippen molar-refractivity contribution >= 4 is 24.5 Å². The maximum Gasteiger partial charge on any atom is 0.410 e. The average molecular weight is 410 g/mol. The van der Waals surface area contributed by atoms with Crippen molar-refractivity contribution in [1.82, 2.24) is 4.90 Å². The minimum absolute atomic E-state index is 0.0188. The molecule has 2 aromatic carbocycles. The molecule has 0 saturated carbocycles. The number of ether oxygens (including phenoxy) is 1. The van der Waals surface area contributed by atoms with Gasteiger partial charge in [0.2, 0.25) is 0 Å². The highest BCUT2D eigenvalue weighted by Crippen LogP contribution is 2.43. The number of nitrogens with zero attached hydrogens (tertiary/aromatic N) is 1. The van der Waals surface area contributed by atoms with E-state index in [1.165, 1.54) is 10.4 Å². The number of amides is 1. The summed E-state index contributed by atoms with van der Waals surface area (Å²) in [5.41, 5.74) is -0.322. The lowest BCUT2D eigenvalue weighted by Crippen LogP contribution is -2.74. The number of likely N-dealkylation sites (tertiary alicyclic amines) is 1. The molecule has 3 rings (SSSR count). The summed E-state index contributed by atoms with van der Waals surface area (Å²) in [6.07, 6.45) is 1.87. The van der Waals surface area contributed by atoms with E-state index >= 15 is 0 Å². The first-order chi connectivity index (χ1) is 13.6. The molecule has 1 aliphatic rings. The summed E-state index contributed by atoms with van der Waals surface area (Å²) in [6, 6.07) is 21.8. The average Bonchev–Trinajstić information content (AvgIpc) is 3.12. The quantitative estimate of drug-likeness (QED) is 0.669. The van der Waals surface area contributed by atoms with E-state index < -0.39 is 13.7 Å². The van der Waals surface area contributed by atoms with Crippen LogP contribution in [-0.4, -0.2) is 36.9 Å². The molecule has 1 saturated heterocycles. The molecule has 2 aromatic rings. The monoisotopic (exact) mass is 409 g/mol. The van der Waals surface area contributed by atoms with Crippen LogP contribution in [-0.2, 0) is 4.74 Å². The third-order valence-electron chi connectivity index (χ3n) is 6.02. The first-order valence-electron chi connectivity index (χ1n) is 10.7. The van der Waals surface area contributed by atoms with Gasteiger partial charge in [-0.1, -0.05) is 91.8 Å². The zero-order chi connectivity index (χ0) is 21.3. The van der Waals surface area contributed by atoms with Gasteiger partial charge < -0.3 is 9.64 Å². The lowest BCUT2D eigenvalue weighted by molar-refractivity contribution is 0.0267. The van der Waals surface area contributed by atoms with Gasteiger partial charge in [-0.25, -0.2) is 4.79 Å². The summed E-state index contributed by atoms with van der Waals surface area (Å²) in [4.78, 5) is 15.3. The number of rotatable bonds is 3. The van der Waals surface area contributed by atoms with Crippen LogP contribution in [0.5, 0.6) is 0 Å². The lowest BCUT2D eigenvalue weighted by Gasteiger charge is -2.50. The van der Waals surface area contributed by atoms with Gasteiger partial charge in [-0.05, 0) is 38.7 Å². The summed E-state index contributed by atoms with van der Waals surface area (Å²) in [6.45, 7) is 13.7. The van der Waals surface area contributed by atoms with Gasteiger partial charge in [-0.3, -0.25) is 0 Å². The molecular weight excluding hydrogens is 374 g/mol. The van der Waals surface area contributed by atoms with Crippen molar-refractivity contribution in [3.8, 4) is 0 Å². The Labute approximate surface area is 177 Å². The second-order valence-corrected chi connectivity index (χ2v) is 15.1. The molecule has 1 atom stereocenters. The second kappa shape index (κ2) is 7.98. The molecule has 156 valence electrons. The number of carbonyl (C=O) groups is 1. The molecule has 0 aliphatic carbocycles. The van der Waals surface area contributed by atoms with Crippen molar-refractivity contribution < 1.29 is 9.53 Å². The molecule has 4 heteroatoms. The van der Waals surface area contributed by atoms with Crippen LogP contribution in [0.4, 0.5) is 4.79 Å². The fourth-order valence-corrected chi connectivity index (χ4v) is 11.7. The summed E-state index contributed by atoms with van der Waals surface area (Å²) in [5.74, 6) is 0. The van der Waals surface area contributed by atoms with E-state index in [1.807, 2.05) is 25.7 Å². The highest BCUT2D eigenvalue weighted by Gasteiger charge is 2.57. The fourth-order valence-electron chi connectivity index (χ4n) is 5.08. The SMILES string of the molecule is CC(C)(C)OC(=O)N1CCC[C@@H]1[Si](c1ccccc1)(c1ccccc1)C(C)(C)C. The Morgan fingerprint density at radius 2 is 1.38 bits per heavy atom. The van der Waals surface area contributed by atoms with E-state index in [0.717, 1.165) is 19.4 Å². The van der Waals surface area contributed by atoms with Gasteiger partial charge in [0.25, 0.3) is 0 Å². The molecule has 1 aliphatic heterocycles. The Morgan fingerprint density at radius 3 is 1.79 bits per heavy atom. The summed E-state index contributed by atoms with van der Waals surface area (Å²) in [7, 11) is -2.39. The molecule has 0 unspecified atom stereocenters. The predicted molar refractivity (Wildman–Crippen MR) is 124 cm³/mol. The Hall–Kier alpha value is -2.07. The largest absolute Gasteiger partial charge is 0.444 e. The summed E-state index contributed by atoms with van der Waals surface area (Å²) >= 11 is 0. The summed E-state index contributed by atoms with van der Waals surface area (Å²) < 4.78 is 5.84. The first kappa shape index (κ1) is 21.6. The highest BCUT2D eigenvalue weighted by atomic mass is 28.3. The van der Waals surface area contributed by atoms with Crippen LogP contribution < -0.4 is 10.4 Å². The van der Waals surface area contributed by atoms with Gasteiger partial charge in [0.1, 0.15) is 13.7 Å². The molecule has 29 heavy (non-hydrogen) atoms. The molecule has 0 aromatic heterocycles. The Balaban J connectivity index is 2.21. The molecule has 0 bridgehead atoms. The summed E-state index contributed by atoms with van der Waals surface area (Å²) in [5, 5.41) is 2.80. The van der Waals surface area contributed by atoms with Gasteiger partial charge in [-0.15, -0.1) is 0 Å². The fraction of sp³-hybridized carbons (Fsp3) is 0.480. The number of benzene rings is 2. The van der Waals surface area contributed by atoms with Crippen LogP contribution in [0.3, 0.4) is 0 Å². The topological polar surface area (TPSA) is 29.5 Å². The molecule has 0 radical (unpaired) electrons. The van der Waals surface area contributed by atoms with Crippen LogP contribution in [0, 0.1) is 0 Å². The van der Waals surface area contributed by atoms with Crippen LogP contribution >= 0.6 is 0 Å². The molecule has 1 heterocycles. The van der Waals surface area contributed by atoms with E-state index in [1.54, 1.807) is 0 Å². The smallest absolute Gasteiger partial charge is 0.410 e. The van der Waals surface area contributed by atoms with Crippen LogP contribution in [0.2, 0.25) is 5.04 Å². The molecule has 0 N–H and O–H groups in total. The molecular formula is C25H35NO2Si. The van der Waals surface area contributed by atoms with E-state index in [2.05, 4.69) is 81.4 Å². The molecule has 1 fully saturated rings. The molecule has 0 spiro atoms. The van der Waals surface area contributed by atoms with Crippen molar-refractivity contribution in [2.24, 2.45) is 0 Å². The third-order valence-corrected chi connectivity index (χ3v) is 12.5. The van der Waals surface area contributed by atoms with E-state index in [9.17, 15) is 4.79 Å². The second-order valence-electron chi connectivity index (χ2n) is 10.1. The predicted octanol–water partition coefficient (Wildman–Crippen LogP) is 4.99. The van der Waals surface area contributed by atoms with Crippen molar-refractivity contribution in [3.63, 3.8) is 0 Å². The van der Waals surface area contributed by atoms with Crippen LogP contribution in [0.15, 0.2) is 60.7 Å². The van der Waals surface area contributed by atoms with E-state index in [4.69, 9.17) is 4.74 Å². The van der Waals surface area contributed by atoms with Crippen molar-refractivity contribution in [2.45, 2.75) is 70.7 Å². The van der Waals surface area contributed by atoms with E-state index in [0.29, 0.717) is 0 Å². The first-order valence-corrected chi connectivity index (χ1v) is 12.8. The molecule has 1 amide bonds. The van der Waals surface area contributed by atoms with Crippen molar-refractivity contribution in [3.05, 3.63) is 60.7 Å². The number of hydrogen-bond acceptors (Lipinski definition) is 2. The standard InChI is InChI=1S/C25H35NO2Si/c1-24(2,3)28-23(27)26-19-13-18-22(26)29(25(4,5)6,20-14-9-7-10-15-20)21-16-11-8-12-17-21/h7-12,14-17,22H,13,18-19H2,1-6H3/t22-/m0/s1. The highest BCUT2D eigenvalue weighted by molar-refractivity contribution is 7.05. The minimum atomic E-state index is -2.39. The zero-order valence-electron chi connectivity index (χ0n) is 18.7. The Bertz CT molecular complexity index is 782. The molecule has 3 nitrogen and oxygen atoms in total.